The van der Waals surface area contributed by atoms with Crippen LogP contribution >= 0.6 is 0 Å². The first kappa shape index (κ1) is 28.3. The Hall–Kier alpha value is -3.22. The topological polar surface area (TPSA) is 121 Å². The van der Waals surface area contributed by atoms with Gasteiger partial charge in [-0.2, -0.15) is 4.31 Å². The molecule has 4 heterocycles. The van der Waals surface area contributed by atoms with Crippen molar-refractivity contribution in [3.63, 3.8) is 0 Å². The minimum atomic E-state index is -3.37. The van der Waals surface area contributed by atoms with Crippen LogP contribution in [0.2, 0.25) is 0 Å². The Kier molecular flexibility index (Phi) is 9.18. The Morgan fingerprint density at radius 1 is 0.975 bits per heavy atom. The number of carbonyl (C=O) groups is 2. The zero-order valence-corrected chi connectivity index (χ0v) is 23.5. The maximum Gasteiger partial charge on any atom is 0.255 e. The molecule has 0 spiro atoms. The van der Waals surface area contributed by atoms with Crippen LogP contribution in [0.3, 0.4) is 0 Å². The number of aromatic nitrogens is 1. The monoisotopic (exact) mass is 571 g/mol. The van der Waals surface area contributed by atoms with E-state index in [4.69, 9.17) is 9.47 Å². The number of pyridine rings is 1. The maximum atomic E-state index is 12.9. The van der Waals surface area contributed by atoms with Gasteiger partial charge in [0.2, 0.25) is 10.0 Å². The van der Waals surface area contributed by atoms with Crippen molar-refractivity contribution >= 4 is 21.8 Å². The number of hydrogen-bond donors (Lipinski definition) is 1. The Labute approximate surface area is 235 Å². The van der Waals surface area contributed by atoms with Crippen molar-refractivity contribution in [1.29, 1.82) is 0 Å². The first-order valence-electron chi connectivity index (χ1n) is 14.0. The molecular weight excluding hydrogens is 534 g/mol. The van der Waals surface area contributed by atoms with Crippen molar-refractivity contribution in [1.82, 2.24) is 24.4 Å². The van der Waals surface area contributed by atoms with Crippen LogP contribution in [-0.4, -0.2) is 111 Å². The zero-order valence-electron chi connectivity index (χ0n) is 22.7. The molecule has 11 nitrogen and oxygen atoms in total. The third-order valence-electron chi connectivity index (χ3n) is 7.77. The van der Waals surface area contributed by atoms with Gasteiger partial charge in [0.1, 0.15) is 13.2 Å². The normalized spacial score (nSPS) is 18.9. The summed E-state index contributed by atoms with van der Waals surface area (Å²) in [5, 5.41) is 3.05. The van der Waals surface area contributed by atoms with Crippen LogP contribution in [0.15, 0.2) is 42.7 Å². The molecule has 1 N–H and O–H groups in total. The number of carbonyl (C=O) groups excluding carboxylic acids is 2. The first-order chi connectivity index (χ1) is 19.4. The van der Waals surface area contributed by atoms with E-state index in [9.17, 15) is 18.0 Å². The van der Waals surface area contributed by atoms with Gasteiger partial charge in [-0.05, 0) is 69.1 Å². The number of rotatable bonds is 9. The number of hydrogen-bond acceptors (Lipinski definition) is 8. The third kappa shape index (κ3) is 6.91. The Balaban J connectivity index is 0.991. The van der Waals surface area contributed by atoms with Crippen LogP contribution in [0, 0.1) is 5.92 Å². The van der Waals surface area contributed by atoms with Crippen molar-refractivity contribution in [2.75, 3.05) is 71.3 Å². The van der Waals surface area contributed by atoms with Crippen molar-refractivity contribution in [2.24, 2.45) is 5.92 Å². The number of para-hydroxylation sites is 1. The van der Waals surface area contributed by atoms with Gasteiger partial charge in [-0.15, -0.1) is 0 Å². The number of likely N-dealkylation sites (tertiary alicyclic amines) is 1. The van der Waals surface area contributed by atoms with E-state index in [-0.39, 0.29) is 17.6 Å². The van der Waals surface area contributed by atoms with Crippen molar-refractivity contribution in [3.05, 3.63) is 53.9 Å². The molecule has 1 aromatic heterocycles. The predicted molar refractivity (Wildman–Crippen MR) is 149 cm³/mol. The van der Waals surface area contributed by atoms with Crippen LogP contribution < -0.4 is 14.8 Å². The number of piperidine rings is 1. The largest absolute Gasteiger partial charge is 0.486 e. The van der Waals surface area contributed by atoms with Crippen LogP contribution in [0.5, 0.6) is 11.5 Å². The second kappa shape index (κ2) is 13.0. The summed E-state index contributed by atoms with van der Waals surface area (Å²) >= 11 is 0. The lowest BCUT2D eigenvalue weighted by molar-refractivity contribution is 0.0697. The summed E-state index contributed by atoms with van der Waals surface area (Å²) < 4.78 is 38.6. The van der Waals surface area contributed by atoms with Crippen LogP contribution in [0.1, 0.15) is 40.0 Å². The van der Waals surface area contributed by atoms with Crippen molar-refractivity contribution in [3.8, 4) is 11.5 Å². The van der Waals surface area contributed by atoms with Gasteiger partial charge in [0.15, 0.2) is 11.5 Å². The van der Waals surface area contributed by atoms with E-state index in [1.165, 1.54) is 10.5 Å². The van der Waals surface area contributed by atoms with E-state index in [0.717, 1.165) is 32.5 Å². The second-order valence-electron chi connectivity index (χ2n) is 10.4. The van der Waals surface area contributed by atoms with Gasteiger partial charge in [-0.3, -0.25) is 14.6 Å². The number of benzene rings is 1. The van der Waals surface area contributed by atoms with E-state index < -0.39 is 10.0 Å². The Morgan fingerprint density at radius 3 is 2.50 bits per heavy atom. The van der Waals surface area contributed by atoms with Crippen LogP contribution in [0.25, 0.3) is 0 Å². The summed E-state index contributed by atoms with van der Waals surface area (Å²) in [4.78, 5) is 33.3. The minimum Gasteiger partial charge on any atom is -0.486 e. The molecule has 3 aliphatic rings. The molecule has 2 fully saturated rings. The molecule has 0 aliphatic carbocycles. The number of piperazine rings is 1. The van der Waals surface area contributed by atoms with Crippen LogP contribution in [0.4, 0.5) is 0 Å². The molecule has 3 aliphatic heterocycles. The maximum absolute atomic E-state index is 12.9. The Bertz CT molecular complexity index is 1280. The molecule has 12 heteroatoms. The average Bonchev–Trinajstić information content (AvgIpc) is 3.00. The molecule has 1 aromatic carbocycles. The van der Waals surface area contributed by atoms with Gasteiger partial charge in [-0.1, -0.05) is 6.07 Å². The third-order valence-corrected chi connectivity index (χ3v) is 9.73. The molecule has 0 unspecified atom stereocenters. The minimum absolute atomic E-state index is 0.104. The fraction of sp³-hybridized carbons (Fsp3) is 0.536. The molecule has 0 radical (unpaired) electrons. The highest BCUT2D eigenvalue weighted by Crippen LogP contribution is 2.33. The molecule has 0 bridgehead atoms. The molecule has 0 atom stereocenters. The molecule has 5 rings (SSSR count). The molecule has 216 valence electrons. The summed E-state index contributed by atoms with van der Waals surface area (Å²) in [6.45, 7) is 5.39. The summed E-state index contributed by atoms with van der Waals surface area (Å²) in [5.74, 6) is 1.33. The summed E-state index contributed by atoms with van der Waals surface area (Å²) in [5.41, 5.74) is 1.02. The standard InChI is InChI=1S/C28H37N5O6S/c34-27(24-5-1-6-25-26(24)39-18-17-38-25)30-20-22-7-11-31(12-8-22)10-3-19-40(36,37)33-15-13-32(14-16-33)28(35)23-4-2-9-29-21-23/h1-2,4-6,9,21-22H,3,7-8,10-20H2,(H,30,34). The van der Waals surface area contributed by atoms with Gasteiger partial charge in [0.05, 0.1) is 16.9 Å². The highest BCUT2D eigenvalue weighted by atomic mass is 32.2. The smallest absolute Gasteiger partial charge is 0.255 e. The number of amides is 2. The molecule has 2 aromatic rings. The number of sulfonamides is 1. The molecular formula is C28H37N5O6S. The van der Waals surface area contributed by atoms with Gasteiger partial charge in [0.25, 0.3) is 11.8 Å². The highest BCUT2D eigenvalue weighted by molar-refractivity contribution is 7.89. The number of fused-ring (bicyclic) bond motifs is 1. The van der Waals surface area contributed by atoms with Crippen molar-refractivity contribution in [2.45, 2.75) is 19.3 Å². The van der Waals surface area contributed by atoms with Crippen molar-refractivity contribution < 1.29 is 27.5 Å². The van der Waals surface area contributed by atoms with E-state index >= 15 is 0 Å². The molecule has 2 saturated heterocycles. The lowest BCUT2D eigenvalue weighted by atomic mass is 9.96. The molecule has 2 amide bonds. The fourth-order valence-corrected chi connectivity index (χ4v) is 6.91. The quantitative estimate of drug-likeness (QED) is 0.481. The highest BCUT2D eigenvalue weighted by Gasteiger charge is 2.29. The SMILES string of the molecule is O=C(NCC1CCN(CCCS(=O)(=O)N2CCN(C(=O)c3cccnc3)CC2)CC1)c1cccc2c1OCCO2. The van der Waals surface area contributed by atoms with Gasteiger partial charge >= 0.3 is 0 Å². The molecule has 40 heavy (non-hydrogen) atoms. The fourth-order valence-electron chi connectivity index (χ4n) is 5.44. The first-order valence-corrected chi connectivity index (χ1v) is 15.6. The molecule has 0 saturated carbocycles. The van der Waals surface area contributed by atoms with Gasteiger partial charge < -0.3 is 24.6 Å². The number of nitrogens with zero attached hydrogens (tertiary/aromatic N) is 4. The van der Waals surface area contributed by atoms with E-state index in [2.05, 4.69) is 15.2 Å². The summed E-state index contributed by atoms with van der Waals surface area (Å²) in [6, 6.07) is 8.80. The van der Waals surface area contributed by atoms with Gasteiger partial charge in [-0.25, -0.2) is 8.42 Å². The summed E-state index contributed by atoms with van der Waals surface area (Å²) in [7, 11) is -3.37. The lowest BCUT2D eigenvalue weighted by Gasteiger charge is -2.34. The number of ether oxygens (including phenoxy) is 2. The lowest BCUT2D eigenvalue weighted by Crippen LogP contribution is -2.51. The average molecular weight is 572 g/mol. The predicted octanol–water partition coefficient (Wildman–Crippen LogP) is 1.47. The number of nitrogens with one attached hydrogen (secondary N) is 1. The Morgan fingerprint density at radius 2 is 1.75 bits per heavy atom. The van der Waals surface area contributed by atoms with E-state index in [1.807, 2.05) is 0 Å². The zero-order chi connectivity index (χ0) is 28.0. The second-order valence-corrected chi connectivity index (χ2v) is 12.5. The van der Waals surface area contributed by atoms with E-state index in [0.29, 0.717) is 80.9 Å². The van der Waals surface area contributed by atoms with Gasteiger partial charge in [0, 0.05) is 45.1 Å². The van der Waals surface area contributed by atoms with E-state index in [1.54, 1.807) is 41.4 Å². The van der Waals surface area contributed by atoms with Crippen LogP contribution in [-0.2, 0) is 10.0 Å². The summed E-state index contributed by atoms with van der Waals surface area (Å²) in [6.07, 6.45) is 5.62.